The second-order valence-electron chi connectivity index (χ2n) is 8.28. The van der Waals surface area contributed by atoms with Gasteiger partial charge >= 0.3 is 13.7 Å². The summed E-state index contributed by atoms with van der Waals surface area (Å²) in [7, 11) is -3.06. The van der Waals surface area contributed by atoms with Crippen LogP contribution in [0.4, 0.5) is 10.2 Å². The van der Waals surface area contributed by atoms with E-state index in [0.717, 1.165) is 6.92 Å². The van der Waals surface area contributed by atoms with Gasteiger partial charge in [-0.2, -0.15) is 5.09 Å². The number of nitrogens with zero attached hydrogens (tertiary/aromatic N) is 4. The molecule has 194 valence electrons. The first-order chi connectivity index (χ1) is 17.1. The lowest BCUT2D eigenvalue weighted by atomic mass is 9.98. The molecule has 6 atom stereocenters. The number of hydrogen-bond donors (Lipinski definition) is 3. The number of nitrogens with one attached hydrogen (secondary N) is 1. The molecule has 1 aromatic carbocycles. The molecule has 36 heavy (non-hydrogen) atoms. The summed E-state index contributed by atoms with van der Waals surface area (Å²) in [6.45, 7) is 2.01. The van der Waals surface area contributed by atoms with Crippen molar-refractivity contribution < 1.29 is 37.4 Å². The quantitative estimate of drug-likeness (QED) is 0.274. The number of anilines is 1. The van der Waals surface area contributed by atoms with Crippen molar-refractivity contribution in [3.8, 4) is 5.75 Å². The van der Waals surface area contributed by atoms with Gasteiger partial charge in [0.25, 0.3) is 0 Å². The van der Waals surface area contributed by atoms with Crippen molar-refractivity contribution in [3.05, 3.63) is 43.0 Å². The van der Waals surface area contributed by atoms with Crippen molar-refractivity contribution in [2.75, 3.05) is 19.5 Å². The molecular weight excluding hydrogens is 498 g/mol. The van der Waals surface area contributed by atoms with Crippen molar-refractivity contribution in [1.29, 1.82) is 0 Å². The number of carbonyl (C=O) groups is 1. The highest BCUT2D eigenvalue weighted by Gasteiger charge is 2.56. The van der Waals surface area contributed by atoms with Gasteiger partial charge in [0.2, 0.25) is 0 Å². The van der Waals surface area contributed by atoms with Gasteiger partial charge in [0.15, 0.2) is 23.4 Å². The van der Waals surface area contributed by atoms with Crippen LogP contribution in [0, 0.1) is 0 Å². The molecule has 1 aliphatic rings. The Balaban J connectivity index is 1.55. The molecule has 1 fully saturated rings. The Hall–Kier alpha value is -3.16. The number of rotatable bonds is 9. The molecule has 4 rings (SSSR count). The van der Waals surface area contributed by atoms with Crippen LogP contribution in [0.1, 0.15) is 20.1 Å². The summed E-state index contributed by atoms with van der Waals surface area (Å²) in [5, 5.41) is 13.2. The van der Waals surface area contributed by atoms with Crippen molar-refractivity contribution in [3.63, 3.8) is 0 Å². The van der Waals surface area contributed by atoms with Gasteiger partial charge in [-0.3, -0.25) is 13.9 Å². The number of para-hydroxylation sites is 1. The van der Waals surface area contributed by atoms with Crippen molar-refractivity contribution in [2.24, 2.45) is 0 Å². The molecule has 0 amide bonds. The lowest BCUT2D eigenvalue weighted by molar-refractivity contribution is -0.142. The summed E-state index contributed by atoms with van der Waals surface area (Å²) in [5.74, 6) is -0.423. The normalized spacial score (nSPS) is 26.4. The zero-order chi connectivity index (χ0) is 26.1. The minimum atomic E-state index is -4.23. The highest BCUT2D eigenvalue weighted by molar-refractivity contribution is 7.52. The Bertz CT molecular complexity index is 1280. The first kappa shape index (κ1) is 25.9. The zero-order valence-electron chi connectivity index (χ0n) is 19.6. The summed E-state index contributed by atoms with van der Waals surface area (Å²) in [4.78, 5) is 23.9. The molecule has 0 aliphatic carbocycles. The zero-order valence-corrected chi connectivity index (χ0v) is 20.5. The van der Waals surface area contributed by atoms with E-state index in [1.807, 2.05) is 0 Å². The van der Waals surface area contributed by atoms with E-state index in [1.165, 1.54) is 43.4 Å². The largest absolute Gasteiger partial charge is 0.468 e. The third-order valence-corrected chi connectivity index (χ3v) is 7.28. The summed E-state index contributed by atoms with van der Waals surface area (Å²) in [6.07, 6.45) is -1.86. The van der Waals surface area contributed by atoms with E-state index >= 15 is 4.39 Å². The fourth-order valence-electron chi connectivity index (χ4n) is 3.74. The number of imidazole rings is 1. The van der Waals surface area contributed by atoms with Crippen LogP contribution in [-0.2, 0) is 23.4 Å². The molecule has 0 spiro atoms. The number of nitrogen functional groups attached to an aromatic ring is 1. The first-order valence-corrected chi connectivity index (χ1v) is 12.4. The lowest BCUT2D eigenvalue weighted by Gasteiger charge is -2.25. The number of halogens is 1. The fraction of sp³-hybridized carbons (Fsp3) is 0.429. The Morgan fingerprint density at radius 2 is 2.08 bits per heavy atom. The number of methoxy groups -OCH3 is 1. The Kier molecular flexibility index (Phi) is 7.25. The van der Waals surface area contributed by atoms with Crippen LogP contribution < -0.4 is 15.3 Å². The van der Waals surface area contributed by atoms with E-state index in [0.29, 0.717) is 0 Å². The van der Waals surface area contributed by atoms with E-state index < -0.39 is 50.5 Å². The number of carbonyl (C=O) groups excluding carboxylic acids is 1. The van der Waals surface area contributed by atoms with E-state index in [2.05, 4.69) is 24.8 Å². The molecule has 4 N–H and O–H groups in total. The maximum Gasteiger partial charge on any atom is 0.459 e. The number of ether oxygens (including phenoxy) is 2. The van der Waals surface area contributed by atoms with Gasteiger partial charge in [-0.15, -0.1) is 0 Å². The van der Waals surface area contributed by atoms with Gasteiger partial charge in [0, 0.05) is 0 Å². The molecule has 2 aromatic heterocycles. The average Bonchev–Trinajstić information content (AvgIpc) is 3.37. The smallest absolute Gasteiger partial charge is 0.459 e. The van der Waals surface area contributed by atoms with Gasteiger partial charge < -0.3 is 24.8 Å². The predicted molar refractivity (Wildman–Crippen MR) is 124 cm³/mol. The number of benzene rings is 1. The van der Waals surface area contributed by atoms with E-state index in [9.17, 15) is 14.5 Å². The summed E-state index contributed by atoms with van der Waals surface area (Å²) < 4.78 is 52.0. The molecule has 15 heteroatoms. The first-order valence-electron chi connectivity index (χ1n) is 10.9. The topological polar surface area (TPSA) is 173 Å². The second kappa shape index (κ2) is 10.1. The Labute approximate surface area is 205 Å². The third-order valence-electron chi connectivity index (χ3n) is 5.64. The average molecular weight is 524 g/mol. The van der Waals surface area contributed by atoms with Crippen molar-refractivity contribution >= 4 is 30.7 Å². The van der Waals surface area contributed by atoms with Gasteiger partial charge in [-0.1, -0.05) is 18.2 Å². The van der Waals surface area contributed by atoms with Crippen LogP contribution >= 0.6 is 7.75 Å². The van der Waals surface area contributed by atoms with Crippen LogP contribution in [0.5, 0.6) is 5.75 Å². The van der Waals surface area contributed by atoms with Crippen LogP contribution in [0.2, 0.25) is 0 Å². The Morgan fingerprint density at radius 3 is 2.78 bits per heavy atom. The highest BCUT2D eigenvalue weighted by atomic mass is 31.2. The van der Waals surface area contributed by atoms with Gasteiger partial charge in [-0.25, -0.2) is 23.9 Å². The lowest BCUT2D eigenvalue weighted by Crippen LogP contribution is -2.41. The molecule has 0 bridgehead atoms. The molecule has 0 radical (unpaired) electrons. The minimum absolute atomic E-state index is 0.0996. The second-order valence-corrected chi connectivity index (χ2v) is 9.97. The number of alkyl halides is 1. The summed E-state index contributed by atoms with van der Waals surface area (Å²) >= 11 is 0. The van der Waals surface area contributed by atoms with Crippen molar-refractivity contribution in [2.45, 2.75) is 44.0 Å². The number of aromatic nitrogens is 4. The maximum absolute atomic E-state index is 15.7. The van der Waals surface area contributed by atoms with Crippen LogP contribution in [-0.4, -0.2) is 68.2 Å². The molecule has 0 saturated carbocycles. The minimum Gasteiger partial charge on any atom is -0.468 e. The number of aliphatic hydroxyl groups is 1. The number of fused-ring (bicyclic) bond motifs is 1. The van der Waals surface area contributed by atoms with Gasteiger partial charge in [0.1, 0.15) is 35.8 Å². The van der Waals surface area contributed by atoms with Crippen LogP contribution in [0.15, 0.2) is 43.0 Å². The monoisotopic (exact) mass is 524 g/mol. The highest BCUT2D eigenvalue weighted by Crippen LogP contribution is 2.48. The fourth-order valence-corrected chi connectivity index (χ4v) is 5.24. The van der Waals surface area contributed by atoms with Gasteiger partial charge in [-0.05, 0) is 26.0 Å². The van der Waals surface area contributed by atoms with Crippen LogP contribution in [0.25, 0.3) is 11.2 Å². The number of aliphatic hydroxyl groups excluding tert-OH is 1. The third kappa shape index (κ3) is 5.04. The van der Waals surface area contributed by atoms with E-state index in [4.69, 9.17) is 19.5 Å². The van der Waals surface area contributed by atoms with E-state index in [1.54, 1.807) is 18.2 Å². The Morgan fingerprint density at radius 1 is 1.36 bits per heavy atom. The number of nitrogens with two attached hydrogens (primary N) is 1. The summed E-state index contributed by atoms with van der Waals surface area (Å²) in [6, 6.07) is 7.03. The van der Waals surface area contributed by atoms with Crippen LogP contribution in [0.3, 0.4) is 0 Å². The standard InChI is InChI=1S/C21H26FN6O7P/c1-12(19(30)32-3)27-36(31,35-13-7-5-4-6-8-13)33-9-14-16(29)21(2,22)20(34-14)28-11-26-15-17(23)24-10-25-18(15)28/h4-8,10-12,14,16,20,29H,9H2,1-3H3,(H,27,31)(H2,23,24,25)/t12-,14+,16+,20?,21+,36?/m0/s1. The molecule has 13 nitrogen and oxygen atoms in total. The molecule has 2 unspecified atom stereocenters. The van der Waals surface area contributed by atoms with Gasteiger partial charge in [0.05, 0.1) is 20.0 Å². The molecule has 1 saturated heterocycles. The number of esters is 1. The van der Waals surface area contributed by atoms with E-state index in [-0.39, 0.29) is 22.7 Å². The molecule has 3 heterocycles. The molecule has 3 aromatic rings. The number of hydrogen-bond acceptors (Lipinski definition) is 11. The molecular formula is C21H26FN6O7P. The summed E-state index contributed by atoms with van der Waals surface area (Å²) in [5.41, 5.74) is 3.93. The van der Waals surface area contributed by atoms with Crippen molar-refractivity contribution in [1.82, 2.24) is 24.6 Å². The SMILES string of the molecule is COC(=O)[C@H](C)NP(=O)(OC[C@H]1OC(n2cnc3c(N)ncnc32)[C@](C)(F)[C@@H]1O)Oc1ccccc1. The maximum atomic E-state index is 15.7. The predicted octanol–water partition coefficient (Wildman–Crippen LogP) is 1.75. The molecule has 1 aliphatic heterocycles.